The molecule has 0 aliphatic carbocycles. The zero-order valence-electron chi connectivity index (χ0n) is 19.2. The van der Waals surface area contributed by atoms with Crippen molar-refractivity contribution in [1.82, 2.24) is 14.3 Å². The van der Waals surface area contributed by atoms with Crippen molar-refractivity contribution < 1.29 is 9.53 Å². The molecule has 3 unspecified atom stereocenters. The van der Waals surface area contributed by atoms with Crippen LogP contribution in [-0.2, 0) is 11.3 Å². The van der Waals surface area contributed by atoms with Crippen LogP contribution in [0.5, 0.6) is 5.75 Å². The van der Waals surface area contributed by atoms with Crippen LogP contribution in [0.25, 0.3) is 16.9 Å². The Balaban J connectivity index is 1.63. The number of likely N-dealkylation sites (tertiary alicyclic amines) is 1. The van der Waals surface area contributed by atoms with E-state index in [-0.39, 0.29) is 5.91 Å². The number of hydrogen-bond acceptors (Lipinski definition) is 5. The van der Waals surface area contributed by atoms with Gasteiger partial charge in [-0.05, 0) is 63.9 Å². The van der Waals surface area contributed by atoms with Gasteiger partial charge in [-0.15, -0.1) is 0 Å². The van der Waals surface area contributed by atoms with E-state index >= 15 is 0 Å². The molecule has 4 heterocycles. The maximum Gasteiger partial charge on any atom is 0.267 e. The van der Waals surface area contributed by atoms with Gasteiger partial charge in [0.2, 0.25) is 0 Å². The summed E-state index contributed by atoms with van der Waals surface area (Å²) in [5.74, 6) is 0.671. The third-order valence-corrected chi connectivity index (χ3v) is 7.02. The van der Waals surface area contributed by atoms with Crippen LogP contribution < -0.4 is 15.4 Å². The maximum absolute atomic E-state index is 12.5. The Morgan fingerprint density at radius 3 is 2.62 bits per heavy atom. The molecule has 1 fully saturated rings. The highest BCUT2D eigenvalue weighted by Gasteiger charge is 2.31. The summed E-state index contributed by atoms with van der Waals surface area (Å²) in [5.41, 5.74) is 11.5. The number of carbonyl (C=O) groups excluding carboxylic acids is 1. The average molecular weight is 434 g/mol. The van der Waals surface area contributed by atoms with Crippen LogP contribution >= 0.6 is 0 Å². The summed E-state index contributed by atoms with van der Waals surface area (Å²) in [5, 5.41) is 0. The average Bonchev–Trinajstić information content (AvgIpc) is 3.12. The number of rotatable bonds is 3. The molecule has 0 bridgehead atoms. The second kappa shape index (κ2) is 7.81. The predicted molar refractivity (Wildman–Crippen MR) is 127 cm³/mol. The summed E-state index contributed by atoms with van der Waals surface area (Å²) in [6, 6.07) is 10.9. The Morgan fingerprint density at radius 2 is 1.88 bits per heavy atom. The van der Waals surface area contributed by atoms with Gasteiger partial charge in [0.15, 0.2) is 6.10 Å². The standard InChI is InChI=1S/C25H31N5O2/c1-15-6-5-7-16(2)29(15)14-21-24(27-23-11-9-19(26)13-30(21)23)18-8-10-22-20(12-18)28(4)25(31)17(3)32-22/h8-13,15-17H,5-7,14,26H2,1-4H3. The second-order valence-corrected chi connectivity index (χ2v) is 9.24. The van der Waals surface area contributed by atoms with E-state index in [0.29, 0.717) is 17.8 Å². The number of nitrogens with two attached hydrogens (primary N) is 1. The first kappa shape index (κ1) is 20.8. The van der Waals surface area contributed by atoms with E-state index < -0.39 is 6.10 Å². The van der Waals surface area contributed by atoms with Gasteiger partial charge in [0.25, 0.3) is 5.91 Å². The number of pyridine rings is 1. The molecule has 32 heavy (non-hydrogen) atoms. The van der Waals surface area contributed by atoms with Gasteiger partial charge in [0.05, 0.1) is 17.1 Å². The van der Waals surface area contributed by atoms with Crippen molar-refractivity contribution in [2.45, 2.75) is 64.8 Å². The van der Waals surface area contributed by atoms with Crippen LogP contribution in [0.4, 0.5) is 11.4 Å². The number of likely N-dealkylation sites (N-methyl/N-ethyl adjacent to an activating group) is 1. The fourth-order valence-electron chi connectivity index (χ4n) is 5.11. The zero-order valence-corrected chi connectivity index (χ0v) is 19.2. The second-order valence-electron chi connectivity index (χ2n) is 9.24. The maximum atomic E-state index is 12.5. The molecule has 0 spiro atoms. The summed E-state index contributed by atoms with van der Waals surface area (Å²) in [6.07, 6.45) is 5.17. The molecule has 5 rings (SSSR count). The topological polar surface area (TPSA) is 76.1 Å². The lowest BCUT2D eigenvalue weighted by Crippen LogP contribution is -2.43. The fourth-order valence-corrected chi connectivity index (χ4v) is 5.11. The molecule has 2 aliphatic rings. The minimum Gasteiger partial charge on any atom is -0.479 e. The minimum atomic E-state index is -0.478. The van der Waals surface area contributed by atoms with Crippen molar-refractivity contribution in [2.75, 3.05) is 17.7 Å². The minimum absolute atomic E-state index is 0.0476. The quantitative estimate of drug-likeness (QED) is 0.673. The molecule has 3 aromatic rings. The number of aromatic nitrogens is 2. The molecule has 168 valence electrons. The van der Waals surface area contributed by atoms with E-state index in [1.54, 1.807) is 18.9 Å². The van der Waals surface area contributed by atoms with E-state index in [4.69, 9.17) is 15.5 Å². The summed E-state index contributed by atoms with van der Waals surface area (Å²) >= 11 is 0. The van der Waals surface area contributed by atoms with Crippen molar-refractivity contribution in [3.8, 4) is 17.0 Å². The molecule has 1 saturated heterocycles. The first-order valence-corrected chi connectivity index (χ1v) is 11.4. The summed E-state index contributed by atoms with van der Waals surface area (Å²) in [4.78, 5) is 21.7. The Kier molecular flexibility index (Phi) is 5.08. The van der Waals surface area contributed by atoms with Crippen LogP contribution in [0.3, 0.4) is 0 Å². The number of ether oxygens (including phenoxy) is 1. The number of anilines is 2. The number of imidazole rings is 1. The Bertz CT molecular complexity index is 1180. The van der Waals surface area contributed by atoms with Crippen molar-refractivity contribution in [3.05, 3.63) is 42.2 Å². The summed E-state index contributed by atoms with van der Waals surface area (Å²) in [6.45, 7) is 7.19. The molecule has 0 radical (unpaired) electrons. The Labute approximate surface area is 188 Å². The number of amides is 1. The molecule has 0 saturated carbocycles. The van der Waals surface area contributed by atoms with Gasteiger partial charge in [0.1, 0.15) is 11.4 Å². The van der Waals surface area contributed by atoms with Crippen LogP contribution in [0.2, 0.25) is 0 Å². The summed E-state index contributed by atoms with van der Waals surface area (Å²) < 4.78 is 7.93. The third-order valence-electron chi connectivity index (χ3n) is 7.02. The number of fused-ring (bicyclic) bond motifs is 2. The number of piperidine rings is 1. The number of nitrogens with zero attached hydrogens (tertiary/aromatic N) is 4. The number of hydrogen-bond donors (Lipinski definition) is 1. The Hall–Kier alpha value is -3.06. The molecule has 7 heteroatoms. The van der Waals surface area contributed by atoms with E-state index in [2.05, 4.69) is 23.1 Å². The normalized spacial score (nSPS) is 23.9. The molecule has 3 atom stereocenters. The zero-order chi connectivity index (χ0) is 22.6. The van der Waals surface area contributed by atoms with Gasteiger partial charge in [-0.3, -0.25) is 9.69 Å². The highest BCUT2D eigenvalue weighted by molar-refractivity contribution is 6.00. The van der Waals surface area contributed by atoms with Crippen LogP contribution in [-0.4, -0.2) is 45.4 Å². The van der Waals surface area contributed by atoms with Gasteiger partial charge in [-0.1, -0.05) is 6.42 Å². The first-order chi connectivity index (χ1) is 15.3. The Morgan fingerprint density at radius 1 is 1.12 bits per heavy atom. The van der Waals surface area contributed by atoms with Crippen molar-refractivity contribution in [2.24, 2.45) is 0 Å². The molecule has 7 nitrogen and oxygen atoms in total. The molecule has 2 aliphatic heterocycles. The largest absolute Gasteiger partial charge is 0.479 e. The molecule has 2 aromatic heterocycles. The van der Waals surface area contributed by atoms with Gasteiger partial charge in [-0.25, -0.2) is 4.98 Å². The third kappa shape index (κ3) is 3.41. The van der Waals surface area contributed by atoms with E-state index in [9.17, 15) is 4.79 Å². The molecular weight excluding hydrogens is 402 g/mol. The van der Waals surface area contributed by atoms with Gasteiger partial charge in [0, 0.05) is 43.1 Å². The van der Waals surface area contributed by atoms with Crippen molar-refractivity contribution in [1.29, 1.82) is 0 Å². The highest BCUT2D eigenvalue weighted by atomic mass is 16.5. The lowest BCUT2D eigenvalue weighted by atomic mass is 9.97. The molecule has 2 N–H and O–H groups in total. The van der Waals surface area contributed by atoms with E-state index in [1.165, 1.54) is 19.3 Å². The van der Waals surface area contributed by atoms with Crippen molar-refractivity contribution >= 4 is 22.9 Å². The van der Waals surface area contributed by atoms with Gasteiger partial charge < -0.3 is 19.8 Å². The van der Waals surface area contributed by atoms with E-state index in [1.807, 2.05) is 36.5 Å². The van der Waals surface area contributed by atoms with Gasteiger partial charge in [-0.2, -0.15) is 0 Å². The monoisotopic (exact) mass is 433 g/mol. The van der Waals surface area contributed by atoms with Crippen molar-refractivity contribution in [3.63, 3.8) is 0 Å². The first-order valence-electron chi connectivity index (χ1n) is 11.4. The van der Waals surface area contributed by atoms with Gasteiger partial charge >= 0.3 is 0 Å². The lowest BCUT2D eigenvalue weighted by Gasteiger charge is -2.39. The molecule has 1 aromatic carbocycles. The lowest BCUT2D eigenvalue weighted by molar-refractivity contribution is -0.125. The summed E-state index contributed by atoms with van der Waals surface area (Å²) in [7, 11) is 1.80. The number of benzene rings is 1. The predicted octanol–water partition coefficient (Wildman–Crippen LogP) is 4.09. The molecular formula is C25H31N5O2. The fraction of sp³-hybridized carbons (Fsp3) is 0.440. The van der Waals surface area contributed by atoms with Crippen LogP contribution in [0.1, 0.15) is 45.7 Å². The SMILES string of the molecule is CC1Oc2ccc(-c3nc4ccc(N)cn4c3CN3C(C)CCCC3C)cc2N(C)C1=O. The highest BCUT2D eigenvalue weighted by Crippen LogP contribution is 2.38. The van der Waals surface area contributed by atoms with Crippen LogP contribution in [0.15, 0.2) is 36.5 Å². The number of carbonyl (C=O) groups is 1. The van der Waals surface area contributed by atoms with Crippen LogP contribution in [0, 0.1) is 0 Å². The molecule has 1 amide bonds. The smallest absolute Gasteiger partial charge is 0.267 e. The van der Waals surface area contributed by atoms with E-state index in [0.717, 1.165) is 40.6 Å². The number of nitrogen functional groups attached to an aromatic ring is 1.